The van der Waals surface area contributed by atoms with E-state index in [9.17, 15) is 0 Å². The Morgan fingerprint density at radius 1 is 1.22 bits per heavy atom. The summed E-state index contributed by atoms with van der Waals surface area (Å²) in [4.78, 5) is 6.95. The van der Waals surface area contributed by atoms with Crippen molar-refractivity contribution in [3.05, 3.63) is 30.5 Å². The number of benzene rings is 1. The number of nitrogen functional groups attached to an aromatic ring is 1. The third-order valence-corrected chi connectivity index (χ3v) is 3.91. The van der Waals surface area contributed by atoms with Crippen LogP contribution in [0.25, 0.3) is 10.9 Å². The number of nitrogens with zero attached hydrogens (tertiary/aromatic N) is 2. The van der Waals surface area contributed by atoms with Crippen LogP contribution in [-0.4, -0.2) is 18.1 Å². The fourth-order valence-electron chi connectivity index (χ4n) is 2.68. The van der Waals surface area contributed by atoms with E-state index in [2.05, 4.69) is 22.9 Å². The minimum absolute atomic E-state index is 0.812. The van der Waals surface area contributed by atoms with E-state index >= 15 is 0 Å². The minimum atomic E-state index is 0.812. The zero-order chi connectivity index (χ0) is 12.5. The van der Waals surface area contributed by atoms with Gasteiger partial charge in [-0.3, -0.25) is 4.98 Å². The summed E-state index contributed by atoms with van der Waals surface area (Å²) in [7, 11) is 0. The lowest BCUT2D eigenvalue weighted by molar-refractivity contribution is 0.439. The van der Waals surface area contributed by atoms with E-state index in [1.165, 1.54) is 18.5 Å². The molecule has 1 fully saturated rings. The molecule has 1 aromatic carbocycles. The summed E-state index contributed by atoms with van der Waals surface area (Å²) in [5, 5.41) is 1.06. The van der Waals surface area contributed by atoms with Gasteiger partial charge in [-0.15, -0.1) is 0 Å². The fourth-order valence-corrected chi connectivity index (χ4v) is 2.68. The summed E-state index contributed by atoms with van der Waals surface area (Å²) in [6, 6.07) is 8.10. The molecular formula is C15H19N3. The lowest BCUT2D eigenvalue weighted by Crippen LogP contribution is -2.32. The van der Waals surface area contributed by atoms with Crippen molar-refractivity contribution < 1.29 is 0 Å². The van der Waals surface area contributed by atoms with E-state index in [0.29, 0.717) is 0 Å². The van der Waals surface area contributed by atoms with Crippen LogP contribution >= 0.6 is 0 Å². The van der Waals surface area contributed by atoms with Crippen LogP contribution < -0.4 is 10.6 Å². The van der Waals surface area contributed by atoms with Crippen molar-refractivity contribution in [3.63, 3.8) is 0 Å². The molecule has 1 aliphatic rings. The molecule has 0 aliphatic carbocycles. The van der Waals surface area contributed by atoms with Crippen molar-refractivity contribution in [1.29, 1.82) is 0 Å². The average Bonchev–Trinajstić information content (AvgIpc) is 2.41. The lowest BCUT2D eigenvalue weighted by atomic mass is 9.98. The van der Waals surface area contributed by atoms with Gasteiger partial charge in [-0.2, -0.15) is 0 Å². The second-order valence-electron chi connectivity index (χ2n) is 5.24. The molecule has 1 saturated heterocycles. The van der Waals surface area contributed by atoms with Gasteiger partial charge in [-0.25, -0.2) is 0 Å². The van der Waals surface area contributed by atoms with Crippen LogP contribution in [0.3, 0.4) is 0 Å². The number of nitrogens with two attached hydrogens (primary N) is 1. The van der Waals surface area contributed by atoms with E-state index in [1.807, 2.05) is 24.4 Å². The Balaban J connectivity index is 2.04. The van der Waals surface area contributed by atoms with Gasteiger partial charge in [0.25, 0.3) is 0 Å². The van der Waals surface area contributed by atoms with Gasteiger partial charge >= 0.3 is 0 Å². The maximum atomic E-state index is 6.02. The highest BCUT2D eigenvalue weighted by molar-refractivity contribution is 5.98. The zero-order valence-electron chi connectivity index (χ0n) is 10.8. The summed E-state index contributed by atoms with van der Waals surface area (Å²) in [6.07, 6.45) is 4.37. The maximum Gasteiger partial charge on any atom is 0.0955 e. The molecule has 2 aromatic rings. The number of piperidine rings is 1. The summed E-state index contributed by atoms with van der Waals surface area (Å²) in [5.41, 5.74) is 9.09. The summed E-state index contributed by atoms with van der Waals surface area (Å²) < 4.78 is 0. The molecule has 18 heavy (non-hydrogen) atoms. The summed E-state index contributed by atoms with van der Waals surface area (Å²) in [6.45, 7) is 4.57. The van der Waals surface area contributed by atoms with Gasteiger partial charge in [-0.05, 0) is 43.0 Å². The van der Waals surface area contributed by atoms with Gasteiger partial charge in [0.2, 0.25) is 0 Å². The molecule has 0 saturated carbocycles. The van der Waals surface area contributed by atoms with Crippen LogP contribution in [0.15, 0.2) is 30.5 Å². The van der Waals surface area contributed by atoms with Gasteiger partial charge in [0.15, 0.2) is 0 Å². The van der Waals surface area contributed by atoms with Crippen molar-refractivity contribution in [2.24, 2.45) is 5.92 Å². The van der Waals surface area contributed by atoms with Gasteiger partial charge in [0.1, 0.15) is 0 Å². The van der Waals surface area contributed by atoms with Crippen molar-refractivity contribution >= 4 is 22.3 Å². The van der Waals surface area contributed by atoms with Crippen molar-refractivity contribution in [2.75, 3.05) is 23.7 Å². The van der Waals surface area contributed by atoms with Crippen LogP contribution in [0.4, 0.5) is 11.4 Å². The van der Waals surface area contributed by atoms with E-state index in [4.69, 9.17) is 5.73 Å². The molecule has 0 radical (unpaired) electrons. The predicted molar refractivity (Wildman–Crippen MR) is 76.8 cm³/mol. The highest BCUT2D eigenvalue weighted by atomic mass is 15.1. The average molecular weight is 241 g/mol. The molecule has 1 aliphatic heterocycles. The summed E-state index contributed by atoms with van der Waals surface area (Å²) >= 11 is 0. The molecule has 2 N–H and O–H groups in total. The molecular weight excluding hydrogens is 222 g/mol. The SMILES string of the molecule is CC1CCN(c2ccc(N)c3cccnc23)CC1. The smallest absolute Gasteiger partial charge is 0.0955 e. The highest BCUT2D eigenvalue weighted by Crippen LogP contribution is 2.31. The Kier molecular flexibility index (Phi) is 2.82. The monoisotopic (exact) mass is 241 g/mol. The van der Waals surface area contributed by atoms with E-state index in [-0.39, 0.29) is 0 Å². The molecule has 0 spiro atoms. The number of hydrogen-bond donors (Lipinski definition) is 1. The second kappa shape index (κ2) is 4.48. The molecule has 3 heteroatoms. The van der Waals surface area contributed by atoms with Crippen LogP contribution in [0.2, 0.25) is 0 Å². The first-order valence-corrected chi connectivity index (χ1v) is 6.64. The third kappa shape index (κ3) is 1.90. The highest BCUT2D eigenvalue weighted by Gasteiger charge is 2.18. The molecule has 3 nitrogen and oxygen atoms in total. The lowest BCUT2D eigenvalue weighted by Gasteiger charge is -2.32. The number of rotatable bonds is 1. The third-order valence-electron chi connectivity index (χ3n) is 3.91. The zero-order valence-corrected chi connectivity index (χ0v) is 10.8. The standard InChI is InChI=1S/C15H19N3/c1-11-6-9-18(10-7-11)14-5-4-13(16)12-3-2-8-17-15(12)14/h2-5,8,11H,6-7,9-10,16H2,1H3. The van der Waals surface area contributed by atoms with Crippen LogP contribution in [0.1, 0.15) is 19.8 Å². The second-order valence-corrected chi connectivity index (χ2v) is 5.24. The Hall–Kier alpha value is -1.77. The molecule has 3 rings (SSSR count). The number of pyridine rings is 1. The quantitative estimate of drug-likeness (QED) is 0.780. The first-order valence-electron chi connectivity index (χ1n) is 6.64. The van der Waals surface area contributed by atoms with Gasteiger partial charge < -0.3 is 10.6 Å². The topological polar surface area (TPSA) is 42.1 Å². The first kappa shape index (κ1) is 11.3. The molecule has 0 unspecified atom stereocenters. The van der Waals surface area contributed by atoms with E-state index in [0.717, 1.165) is 35.6 Å². The van der Waals surface area contributed by atoms with Crippen molar-refractivity contribution in [3.8, 4) is 0 Å². The Labute approximate surface area is 108 Å². The summed E-state index contributed by atoms with van der Waals surface area (Å²) in [5.74, 6) is 0.842. The maximum absolute atomic E-state index is 6.02. The minimum Gasteiger partial charge on any atom is -0.398 e. The van der Waals surface area contributed by atoms with Crippen LogP contribution in [-0.2, 0) is 0 Å². The van der Waals surface area contributed by atoms with Gasteiger partial charge in [0.05, 0.1) is 11.2 Å². The first-order chi connectivity index (χ1) is 8.75. The van der Waals surface area contributed by atoms with Crippen LogP contribution in [0.5, 0.6) is 0 Å². The number of hydrogen-bond acceptors (Lipinski definition) is 3. The predicted octanol–water partition coefficient (Wildman–Crippen LogP) is 3.05. The van der Waals surface area contributed by atoms with E-state index < -0.39 is 0 Å². The number of anilines is 2. The van der Waals surface area contributed by atoms with E-state index in [1.54, 1.807) is 0 Å². The Morgan fingerprint density at radius 2 is 2.00 bits per heavy atom. The Bertz CT molecular complexity index is 557. The molecule has 0 atom stereocenters. The fraction of sp³-hybridized carbons (Fsp3) is 0.400. The normalized spacial score (nSPS) is 17.3. The van der Waals surface area contributed by atoms with Crippen molar-refractivity contribution in [1.82, 2.24) is 4.98 Å². The molecule has 1 aromatic heterocycles. The van der Waals surface area contributed by atoms with Gasteiger partial charge in [0, 0.05) is 30.4 Å². The largest absolute Gasteiger partial charge is 0.398 e. The molecule has 0 amide bonds. The van der Waals surface area contributed by atoms with Crippen LogP contribution in [0, 0.1) is 5.92 Å². The number of aromatic nitrogens is 1. The molecule has 2 heterocycles. The Morgan fingerprint density at radius 3 is 2.78 bits per heavy atom. The molecule has 0 bridgehead atoms. The molecule has 94 valence electrons. The van der Waals surface area contributed by atoms with Crippen molar-refractivity contribution in [2.45, 2.75) is 19.8 Å². The van der Waals surface area contributed by atoms with Gasteiger partial charge in [-0.1, -0.05) is 6.92 Å². The number of fused-ring (bicyclic) bond motifs is 1.